The molecule has 218 valence electrons. The van der Waals surface area contributed by atoms with E-state index in [-0.39, 0.29) is 0 Å². The Morgan fingerprint density at radius 2 is 0.682 bits per heavy atom. The van der Waals surface area contributed by atoms with Crippen molar-refractivity contribution in [3.05, 3.63) is 196 Å². The molecule has 6 aromatic carbocycles. The zero-order valence-corrected chi connectivity index (χ0v) is 27.6. The Labute approximate surface area is 268 Å². The quantitative estimate of drug-likeness (QED) is 0.0878. The Balaban J connectivity index is 1.57. The molecule has 0 unspecified atom stereocenters. The van der Waals surface area contributed by atoms with Gasteiger partial charge in [0, 0.05) is 0 Å². The normalized spacial score (nSPS) is 11.5. The highest BCUT2D eigenvalue weighted by Crippen LogP contribution is 2.23. The average molecular weight is 607 g/mol. The second-order valence-electron chi connectivity index (χ2n) is 12.1. The lowest BCUT2D eigenvalue weighted by molar-refractivity contribution is 1.18. The van der Waals surface area contributed by atoms with Crippen molar-refractivity contribution in [2.45, 2.75) is 40.0 Å². The summed E-state index contributed by atoms with van der Waals surface area (Å²) in [5.74, 6) is 0. The second-order valence-corrected chi connectivity index (χ2v) is 16.8. The van der Waals surface area contributed by atoms with Gasteiger partial charge in [0.25, 0.3) is 0 Å². The molecule has 0 aliphatic heterocycles. The summed E-state index contributed by atoms with van der Waals surface area (Å²) in [6.07, 6.45) is 2.54. The molecule has 0 saturated carbocycles. The molecule has 0 aliphatic carbocycles. The van der Waals surface area contributed by atoms with Crippen molar-refractivity contribution < 1.29 is 0 Å². The molecule has 0 aliphatic rings. The van der Waals surface area contributed by atoms with E-state index in [4.69, 9.17) is 11.1 Å². The molecule has 0 radical (unpaired) electrons. The first-order chi connectivity index (χ1) is 21.4. The van der Waals surface area contributed by atoms with Gasteiger partial charge in [-0.05, 0) is 89.0 Å². The molecule has 0 amide bonds. The zero-order chi connectivity index (χ0) is 30.5. The summed E-state index contributed by atoms with van der Waals surface area (Å²) >= 11 is 8.46. The van der Waals surface area contributed by atoms with E-state index >= 15 is 0 Å². The molecule has 2 heteroatoms. The molecule has 0 N–H and O–H groups in total. The largest absolute Gasteiger partial charge is 0.248 e. The lowest BCUT2D eigenvalue weighted by Gasteiger charge is -2.32. The topological polar surface area (TPSA) is 0 Å². The van der Waals surface area contributed by atoms with E-state index in [1.807, 2.05) is 0 Å². The molecular weight excluding hydrogens is 568 g/mol. The summed E-state index contributed by atoms with van der Waals surface area (Å²) < 4.78 is 0. The predicted octanol–water partition coefficient (Wildman–Crippen LogP) is 8.59. The Bertz CT molecular complexity index is 1680. The third-order valence-corrected chi connectivity index (χ3v) is 14.1. The fraction of sp³-hybridized carbons (Fsp3) is 0.143. The molecule has 0 nitrogen and oxygen atoms in total. The minimum atomic E-state index is -3.04. The molecular formula is C42H39ClSi. The number of rotatable bonds is 9. The number of benzene rings is 6. The molecule has 0 aromatic heterocycles. The van der Waals surface area contributed by atoms with E-state index in [1.54, 1.807) is 0 Å². The maximum Gasteiger partial charge on any atom is 0.248 e. The van der Waals surface area contributed by atoms with Crippen LogP contribution in [0.3, 0.4) is 0 Å². The van der Waals surface area contributed by atoms with Crippen LogP contribution in [-0.2, 0) is 19.3 Å². The highest BCUT2D eigenvalue weighted by molar-refractivity contribution is 7.40. The third-order valence-electron chi connectivity index (χ3n) is 8.60. The van der Waals surface area contributed by atoms with Crippen LogP contribution in [-0.4, -0.2) is 7.38 Å². The highest BCUT2D eigenvalue weighted by atomic mass is 35.6. The average Bonchev–Trinajstić information content (AvgIpc) is 3.02. The van der Waals surface area contributed by atoms with Crippen LogP contribution in [0.5, 0.6) is 0 Å². The van der Waals surface area contributed by atoms with E-state index in [0.717, 1.165) is 19.3 Å². The Kier molecular flexibility index (Phi) is 8.98. The SMILES string of the molecule is Cc1cccc(Cc2ccccc2[Si](Cl)(c2ccccc2Cc2cccc(C)c2)c2ccccc2Cc2cccc(C)c2)c1. The smallest absolute Gasteiger partial charge is 0.149 e. The van der Waals surface area contributed by atoms with E-state index < -0.39 is 7.38 Å². The molecule has 0 heterocycles. The van der Waals surface area contributed by atoms with Gasteiger partial charge in [0.1, 0.15) is 0 Å². The van der Waals surface area contributed by atoms with Crippen molar-refractivity contribution in [1.82, 2.24) is 0 Å². The standard InChI is InChI=1S/C42H39ClSi/c1-31-13-10-16-34(25-31)28-37-19-4-7-22-40(37)44(43,41-23-8-5-20-38(41)29-35-17-11-14-32(2)26-35)42-24-9-6-21-39(42)30-36-18-12-15-33(3)27-36/h4-27H,28-30H2,1-3H3. The van der Waals surface area contributed by atoms with Crippen LogP contribution in [0.4, 0.5) is 0 Å². The van der Waals surface area contributed by atoms with Gasteiger partial charge in [-0.25, -0.2) is 0 Å². The van der Waals surface area contributed by atoms with Gasteiger partial charge < -0.3 is 0 Å². The van der Waals surface area contributed by atoms with Gasteiger partial charge in [0.2, 0.25) is 7.38 Å². The number of hydrogen-bond donors (Lipinski definition) is 0. The summed E-state index contributed by atoms with van der Waals surface area (Å²) in [6, 6.07) is 53.3. The minimum absolute atomic E-state index is 0.847. The van der Waals surface area contributed by atoms with Crippen LogP contribution in [0.25, 0.3) is 0 Å². The lowest BCUT2D eigenvalue weighted by Crippen LogP contribution is -2.65. The van der Waals surface area contributed by atoms with Crippen molar-refractivity contribution in [3.8, 4) is 0 Å². The van der Waals surface area contributed by atoms with E-state index in [9.17, 15) is 0 Å². The Hall–Kier alpha value is -4.17. The molecule has 6 aromatic rings. The van der Waals surface area contributed by atoms with Crippen LogP contribution < -0.4 is 15.6 Å². The Morgan fingerprint density at radius 1 is 0.386 bits per heavy atom. The zero-order valence-electron chi connectivity index (χ0n) is 25.9. The molecule has 0 spiro atoms. The van der Waals surface area contributed by atoms with Gasteiger partial charge >= 0.3 is 0 Å². The number of halogens is 1. The number of hydrogen-bond acceptors (Lipinski definition) is 0. The minimum Gasteiger partial charge on any atom is -0.149 e. The van der Waals surface area contributed by atoms with Gasteiger partial charge in [-0.1, -0.05) is 162 Å². The van der Waals surface area contributed by atoms with Crippen LogP contribution >= 0.6 is 11.1 Å². The van der Waals surface area contributed by atoms with E-state index in [1.165, 1.54) is 65.6 Å². The summed E-state index contributed by atoms with van der Waals surface area (Å²) in [4.78, 5) is 0. The summed E-state index contributed by atoms with van der Waals surface area (Å²) in [5.41, 5.74) is 11.7. The first-order valence-corrected chi connectivity index (χ1v) is 18.5. The molecule has 6 rings (SSSR count). The van der Waals surface area contributed by atoms with Gasteiger partial charge in [-0.15, -0.1) is 11.1 Å². The van der Waals surface area contributed by atoms with E-state index in [2.05, 4.69) is 166 Å². The molecule has 0 bridgehead atoms. The van der Waals surface area contributed by atoms with Gasteiger partial charge in [0.05, 0.1) is 0 Å². The maximum absolute atomic E-state index is 8.46. The highest BCUT2D eigenvalue weighted by Gasteiger charge is 2.42. The fourth-order valence-corrected chi connectivity index (χ4v) is 11.9. The number of aryl methyl sites for hydroxylation is 3. The van der Waals surface area contributed by atoms with Crippen molar-refractivity contribution >= 4 is 34.0 Å². The van der Waals surface area contributed by atoms with Crippen LogP contribution in [0.2, 0.25) is 0 Å². The lowest BCUT2D eigenvalue weighted by atomic mass is 10.0. The predicted molar refractivity (Wildman–Crippen MR) is 192 cm³/mol. The van der Waals surface area contributed by atoms with Gasteiger partial charge in [-0.2, -0.15) is 0 Å². The maximum atomic E-state index is 8.46. The van der Waals surface area contributed by atoms with Crippen LogP contribution in [0, 0.1) is 20.8 Å². The second kappa shape index (κ2) is 13.2. The molecule has 0 fully saturated rings. The van der Waals surface area contributed by atoms with Crippen molar-refractivity contribution in [2.24, 2.45) is 0 Å². The summed E-state index contributed by atoms with van der Waals surface area (Å²) in [7, 11) is -3.04. The third kappa shape index (κ3) is 6.50. The monoisotopic (exact) mass is 606 g/mol. The van der Waals surface area contributed by atoms with Crippen molar-refractivity contribution in [2.75, 3.05) is 0 Å². The molecule has 0 saturated heterocycles. The van der Waals surface area contributed by atoms with E-state index in [0.29, 0.717) is 0 Å². The Morgan fingerprint density at radius 3 is 0.977 bits per heavy atom. The first kappa shape index (κ1) is 29.9. The van der Waals surface area contributed by atoms with Gasteiger partial charge in [0.15, 0.2) is 0 Å². The summed E-state index contributed by atoms with van der Waals surface area (Å²) in [5, 5.41) is 3.82. The van der Waals surface area contributed by atoms with Crippen molar-refractivity contribution in [1.29, 1.82) is 0 Å². The van der Waals surface area contributed by atoms with Gasteiger partial charge in [-0.3, -0.25) is 0 Å². The summed E-state index contributed by atoms with van der Waals surface area (Å²) in [6.45, 7) is 6.50. The van der Waals surface area contributed by atoms with Crippen LogP contribution in [0.15, 0.2) is 146 Å². The fourth-order valence-electron chi connectivity index (χ4n) is 6.59. The molecule has 0 atom stereocenters. The van der Waals surface area contributed by atoms with Crippen molar-refractivity contribution in [3.63, 3.8) is 0 Å². The molecule has 44 heavy (non-hydrogen) atoms. The van der Waals surface area contributed by atoms with Crippen LogP contribution in [0.1, 0.15) is 50.1 Å². The first-order valence-electron chi connectivity index (χ1n) is 15.5.